The molecule has 3 heterocycles. The molecule has 24 heavy (non-hydrogen) atoms. The molecule has 0 radical (unpaired) electrons. The van der Waals surface area contributed by atoms with Gasteiger partial charge in [0.25, 0.3) is 0 Å². The summed E-state index contributed by atoms with van der Waals surface area (Å²) in [6.07, 6.45) is 0. The highest BCUT2D eigenvalue weighted by Crippen LogP contribution is 2.14. The molecule has 1 saturated heterocycles. The van der Waals surface area contributed by atoms with Crippen molar-refractivity contribution in [1.29, 1.82) is 0 Å². The third-order valence-electron chi connectivity index (χ3n) is 4.71. The van der Waals surface area contributed by atoms with E-state index in [0.29, 0.717) is 6.54 Å². The van der Waals surface area contributed by atoms with Crippen LogP contribution in [0.2, 0.25) is 0 Å². The molecule has 1 aliphatic rings. The Kier molecular flexibility index (Phi) is 4.87. The maximum atomic E-state index is 12.5. The van der Waals surface area contributed by atoms with Crippen LogP contribution in [0.15, 0.2) is 10.5 Å². The maximum Gasteiger partial charge on any atom is 0.208 e. The van der Waals surface area contributed by atoms with Crippen LogP contribution in [0.1, 0.15) is 39.1 Å². The van der Waals surface area contributed by atoms with Crippen molar-refractivity contribution in [2.75, 3.05) is 32.7 Å². The van der Waals surface area contributed by atoms with E-state index in [2.05, 4.69) is 19.8 Å². The minimum atomic E-state index is 0.198. The molecular weight excluding hydrogens is 304 g/mol. The Morgan fingerprint density at radius 2 is 1.83 bits per heavy atom. The molecule has 1 N–H and O–H groups in total. The number of carbonyl (C=O) groups is 1. The Hall–Kier alpha value is -1.92. The maximum absolute atomic E-state index is 12.5. The minimum absolute atomic E-state index is 0.198. The summed E-state index contributed by atoms with van der Waals surface area (Å²) in [6.45, 7) is 12.7. The van der Waals surface area contributed by atoms with E-state index in [4.69, 9.17) is 4.42 Å². The van der Waals surface area contributed by atoms with Gasteiger partial charge in [-0.05, 0) is 33.8 Å². The van der Waals surface area contributed by atoms with Gasteiger partial charge in [-0.25, -0.2) is 4.98 Å². The number of hydrogen-bond acceptors (Lipinski definition) is 5. The summed E-state index contributed by atoms with van der Waals surface area (Å²) in [5.41, 5.74) is 3.79. The fourth-order valence-corrected chi connectivity index (χ4v) is 3.21. The van der Waals surface area contributed by atoms with Gasteiger partial charge in [-0.1, -0.05) is 0 Å². The van der Waals surface area contributed by atoms with E-state index in [9.17, 15) is 4.79 Å². The number of aromatic nitrogens is 2. The van der Waals surface area contributed by atoms with Crippen molar-refractivity contribution in [3.8, 4) is 0 Å². The van der Waals surface area contributed by atoms with Crippen LogP contribution in [0.25, 0.3) is 0 Å². The van der Waals surface area contributed by atoms with Gasteiger partial charge in [0, 0.05) is 43.1 Å². The van der Waals surface area contributed by atoms with Gasteiger partial charge in [0.2, 0.25) is 5.89 Å². The Bertz CT molecular complexity index is 704. The van der Waals surface area contributed by atoms with Crippen molar-refractivity contribution in [3.63, 3.8) is 0 Å². The first-order valence-electron chi connectivity index (χ1n) is 8.49. The van der Waals surface area contributed by atoms with Crippen LogP contribution in [-0.2, 0) is 6.54 Å². The van der Waals surface area contributed by atoms with Gasteiger partial charge in [0.05, 0.1) is 18.8 Å². The number of ketones is 1. The minimum Gasteiger partial charge on any atom is -0.444 e. The zero-order chi connectivity index (χ0) is 17.3. The van der Waals surface area contributed by atoms with Crippen LogP contribution >= 0.6 is 0 Å². The zero-order valence-electron chi connectivity index (χ0n) is 15.0. The molecule has 0 bridgehead atoms. The fourth-order valence-electron chi connectivity index (χ4n) is 3.21. The molecule has 6 heteroatoms. The summed E-state index contributed by atoms with van der Waals surface area (Å²) in [5, 5.41) is 0. The highest BCUT2D eigenvalue weighted by atomic mass is 16.4. The summed E-state index contributed by atoms with van der Waals surface area (Å²) < 4.78 is 5.66. The molecule has 0 unspecified atom stereocenters. The topological polar surface area (TPSA) is 65.4 Å². The smallest absolute Gasteiger partial charge is 0.208 e. The lowest BCUT2D eigenvalue weighted by Gasteiger charge is -2.33. The Balaban J connectivity index is 1.50. The van der Waals surface area contributed by atoms with Gasteiger partial charge in [0.15, 0.2) is 5.78 Å². The molecule has 0 atom stereocenters. The molecule has 2 aromatic rings. The highest BCUT2D eigenvalue weighted by Gasteiger charge is 2.22. The second-order valence-electron chi connectivity index (χ2n) is 6.72. The van der Waals surface area contributed by atoms with E-state index in [-0.39, 0.29) is 5.78 Å². The number of oxazole rings is 1. The summed E-state index contributed by atoms with van der Waals surface area (Å²) >= 11 is 0. The Morgan fingerprint density at radius 3 is 2.38 bits per heavy atom. The quantitative estimate of drug-likeness (QED) is 0.852. The van der Waals surface area contributed by atoms with Crippen LogP contribution in [0.3, 0.4) is 0 Å². The molecule has 6 nitrogen and oxygen atoms in total. The summed E-state index contributed by atoms with van der Waals surface area (Å²) in [5.74, 6) is 1.88. The number of rotatable bonds is 5. The second-order valence-corrected chi connectivity index (χ2v) is 6.72. The van der Waals surface area contributed by atoms with Gasteiger partial charge in [-0.2, -0.15) is 0 Å². The largest absolute Gasteiger partial charge is 0.444 e. The highest BCUT2D eigenvalue weighted by molar-refractivity contribution is 5.98. The molecule has 1 aliphatic heterocycles. The molecule has 0 spiro atoms. The van der Waals surface area contributed by atoms with Crippen molar-refractivity contribution in [2.24, 2.45) is 0 Å². The fraction of sp³-hybridized carbons (Fsp3) is 0.556. The van der Waals surface area contributed by atoms with Crippen LogP contribution < -0.4 is 0 Å². The number of aromatic amines is 1. The molecule has 2 aromatic heterocycles. The molecule has 0 aromatic carbocycles. The molecule has 0 amide bonds. The number of H-pyrrole nitrogens is 1. The summed E-state index contributed by atoms with van der Waals surface area (Å²) in [7, 11) is 0. The van der Waals surface area contributed by atoms with E-state index in [1.54, 1.807) is 0 Å². The van der Waals surface area contributed by atoms with Crippen molar-refractivity contribution >= 4 is 5.78 Å². The monoisotopic (exact) mass is 330 g/mol. The van der Waals surface area contributed by atoms with Gasteiger partial charge < -0.3 is 9.40 Å². The Labute approximate surface area is 142 Å². The number of nitrogens with one attached hydrogen (secondary N) is 1. The first kappa shape index (κ1) is 16.9. The van der Waals surface area contributed by atoms with Gasteiger partial charge in [0.1, 0.15) is 5.76 Å². The van der Waals surface area contributed by atoms with Crippen molar-refractivity contribution in [1.82, 2.24) is 19.8 Å². The van der Waals surface area contributed by atoms with E-state index in [1.807, 2.05) is 33.8 Å². The molecular formula is C18H26N4O2. The number of piperazine rings is 1. The lowest BCUT2D eigenvalue weighted by Crippen LogP contribution is -2.47. The molecule has 3 rings (SSSR count). The summed E-state index contributed by atoms with van der Waals surface area (Å²) in [6, 6.07) is 1.95. The first-order valence-corrected chi connectivity index (χ1v) is 8.49. The Morgan fingerprint density at radius 1 is 1.17 bits per heavy atom. The van der Waals surface area contributed by atoms with E-state index >= 15 is 0 Å². The third-order valence-corrected chi connectivity index (χ3v) is 4.71. The van der Waals surface area contributed by atoms with Crippen molar-refractivity contribution < 1.29 is 9.21 Å². The number of hydrogen-bond donors (Lipinski definition) is 1. The van der Waals surface area contributed by atoms with Crippen LogP contribution in [0.5, 0.6) is 0 Å². The zero-order valence-corrected chi connectivity index (χ0v) is 15.0. The predicted molar refractivity (Wildman–Crippen MR) is 92.3 cm³/mol. The molecule has 0 saturated carbocycles. The third kappa shape index (κ3) is 3.76. The summed E-state index contributed by atoms with van der Waals surface area (Å²) in [4.78, 5) is 24.7. The SMILES string of the molecule is Cc1cc(C(=O)CN2CCN(Cc3nc(C)c(C)o3)CC2)c(C)[nH]1. The number of Topliss-reactive ketones (excluding diaryl/α,β-unsaturated/α-hetero) is 1. The number of nitrogens with zero attached hydrogens (tertiary/aromatic N) is 3. The van der Waals surface area contributed by atoms with E-state index < -0.39 is 0 Å². The molecule has 1 fully saturated rings. The van der Waals surface area contributed by atoms with Crippen LogP contribution in [-0.4, -0.2) is 58.3 Å². The number of aryl methyl sites for hydroxylation is 4. The van der Waals surface area contributed by atoms with Crippen molar-refractivity contribution in [2.45, 2.75) is 34.2 Å². The lowest BCUT2D eigenvalue weighted by atomic mass is 10.1. The molecule has 130 valence electrons. The van der Waals surface area contributed by atoms with E-state index in [1.165, 1.54) is 0 Å². The van der Waals surface area contributed by atoms with Crippen molar-refractivity contribution in [3.05, 3.63) is 40.4 Å². The van der Waals surface area contributed by atoms with E-state index in [0.717, 1.165) is 67.0 Å². The lowest BCUT2D eigenvalue weighted by molar-refractivity contribution is 0.0829. The standard InChI is InChI=1S/C18H26N4O2/c1-12-9-16(14(3)19-12)17(23)10-21-5-7-22(8-6-21)11-18-20-13(2)15(4)24-18/h9,19H,5-8,10-11H2,1-4H3. The van der Waals surface area contributed by atoms with Gasteiger partial charge in [-0.3, -0.25) is 14.6 Å². The average molecular weight is 330 g/mol. The van der Waals surface area contributed by atoms with Crippen LogP contribution in [0, 0.1) is 27.7 Å². The predicted octanol–water partition coefficient (Wildman–Crippen LogP) is 2.24. The van der Waals surface area contributed by atoms with Crippen LogP contribution in [0.4, 0.5) is 0 Å². The first-order chi connectivity index (χ1) is 11.4. The molecule has 0 aliphatic carbocycles. The normalized spacial score (nSPS) is 16.7. The van der Waals surface area contributed by atoms with Gasteiger partial charge in [-0.15, -0.1) is 0 Å². The average Bonchev–Trinajstić information content (AvgIpc) is 3.03. The van der Waals surface area contributed by atoms with Gasteiger partial charge >= 0.3 is 0 Å². The number of carbonyl (C=O) groups excluding carboxylic acids is 1. The second kappa shape index (κ2) is 6.91.